The van der Waals surface area contributed by atoms with Crippen molar-refractivity contribution in [3.8, 4) is 0 Å². The molecular weight excluding hydrogens is 186 g/mol. The van der Waals surface area contributed by atoms with Crippen molar-refractivity contribution in [3.05, 3.63) is 36.9 Å². The minimum Gasteiger partial charge on any atom is -0.327 e. The van der Waals surface area contributed by atoms with Gasteiger partial charge in [0.2, 0.25) is 0 Å². The van der Waals surface area contributed by atoms with Crippen LogP contribution in [0.25, 0.3) is 0 Å². The van der Waals surface area contributed by atoms with Crippen LogP contribution in [0.3, 0.4) is 0 Å². The van der Waals surface area contributed by atoms with E-state index in [0.29, 0.717) is 0 Å². The average molecular weight is 206 g/mol. The van der Waals surface area contributed by atoms with E-state index < -0.39 is 0 Å². The zero-order chi connectivity index (χ0) is 10.7. The molecule has 0 saturated carbocycles. The Morgan fingerprint density at radius 2 is 2.00 bits per heavy atom. The molecule has 15 heavy (non-hydrogen) atoms. The van der Waals surface area contributed by atoms with Gasteiger partial charge in [0.05, 0.1) is 18.6 Å². The molecule has 82 valence electrons. The van der Waals surface area contributed by atoms with Crippen LogP contribution in [0.1, 0.15) is 19.8 Å². The fraction of sp³-hybridized carbons (Fsp3) is 0.500. The molecule has 1 aliphatic rings. The highest BCUT2D eigenvalue weighted by Gasteiger charge is 2.31. The minimum absolute atomic E-state index is 0.914. The van der Waals surface area contributed by atoms with E-state index in [2.05, 4.69) is 60.5 Å². The van der Waals surface area contributed by atoms with Gasteiger partial charge in [-0.15, -0.1) is 0 Å². The Hall–Kier alpha value is -1.22. The van der Waals surface area contributed by atoms with Crippen LogP contribution in [0.2, 0.25) is 0 Å². The predicted molar refractivity (Wildman–Crippen MR) is 63.5 cm³/mol. The van der Waals surface area contributed by atoms with Crippen LogP contribution in [-0.2, 0) is 0 Å². The lowest BCUT2D eigenvalue weighted by Gasteiger charge is -2.32. The first-order chi connectivity index (χ1) is 7.27. The van der Waals surface area contributed by atoms with Gasteiger partial charge in [0, 0.05) is 7.05 Å². The van der Waals surface area contributed by atoms with E-state index >= 15 is 0 Å². The number of aromatic nitrogens is 1. The first kappa shape index (κ1) is 10.3. The van der Waals surface area contributed by atoms with Crippen molar-refractivity contribution in [2.45, 2.75) is 19.8 Å². The smallest absolute Gasteiger partial charge is 0.181 e. The van der Waals surface area contributed by atoms with Crippen molar-refractivity contribution in [1.29, 1.82) is 0 Å². The summed E-state index contributed by atoms with van der Waals surface area (Å²) in [6.45, 7) is 4.45. The Labute approximate surface area is 91.8 Å². The van der Waals surface area contributed by atoms with Crippen LogP contribution < -0.4 is 4.59 Å². The summed E-state index contributed by atoms with van der Waals surface area (Å²) in [5, 5.41) is 0. The van der Waals surface area contributed by atoms with Gasteiger partial charge in [0.1, 0.15) is 12.7 Å². The van der Waals surface area contributed by atoms with E-state index in [0.717, 1.165) is 11.3 Å². The highest BCUT2D eigenvalue weighted by atomic mass is 15.7. The second-order valence-electron chi connectivity index (χ2n) is 4.32. The minimum atomic E-state index is 0.914. The van der Waals surface area contributed by atoms with Crippen LogP contribution in [0, 0.1) is 0 Å². The molecule has 3 heteroatoms. The van der Waals surface area contributed by atoms with Crippen molar-refractivity contribution in [2.75, 3.05) is 20.3 Å². The third-order valence-corrected chi connectivity index (χ3v) is 3.01. The van der Waals surface area contributed by atoms with E-state index in [1.54, 1.807) is 0 Å². The number of hydrogen-bond donors (Lipinski definition) is 0. The fourth-order valence-corrected chi connectivity index (χ4v) is 2.15. The summed E-state index contributed by atoms with van der Waals surface area (Å²) in [6, 6.07) is 4.19. The Bertz CT molecular complexity index is 329. The molecule has 0 amide bonds. The van der Waals surface area contributed by atoms with E-state index in [4.69, 9.17) is 0 Å². The van der Waals surface area contributed by atoms with Gasteiger partial charge < -0.3 is 4.90 Å². The largest absolute Gasteiger partial charge is 0.327 e. The molecule has 1 atom stereocenters. The molecular formula is C12H20N3+. The second-order valence-corrected chi connectivity index (χ2v) is 4.32. The average Bonchev–Trinajstić information content (AvgIpc) is 2.84. The molecule has 0 N–H and O–H groups in total. The van der Waals surface area contributed by atoms with E-state index in [-0.39, 0.29) is 0 Å². The highest BCUT2D eigenvalue weighted by molar-refractivity contribution is 5.06. The molecule has 0 radical (unpaired) electrons. The first-order valence-electron chi connectivity index (χ1n) is 5.67. The SMILES string of the molecule is CCCC[N+]1(n2cccc2)C=CN(C)C1. The molecule has 1 aromatic heterocycles. The van der Waals surface area contributed by atoms with Gasteiger partial charge >= 0.3 is 0 Å². The summed E-state index contributed by atoms with van der Waals surface area (Å²) in [6.07, 6.45) is 11.3. The number of rotatable bonds is 4. The molecule has 0 saturated heterocycles. The van der Waals surface area contributed by atoms with E-state index in [1.807, 2.05) is 0 Å². The van der Waals surface area contributed by atoms with Crippen LogP contribution in [0.15, 0.2) is 36.9 Å². The molecule has 2 heterocycles. The Balaban J connectivity index is 2.21. The Kier molecular flexibility index (Phi) is 2.82. The molecule has 0 aliphatic carbocycles. The van der Waals surface area contributed by atoms with Gasteiger partial charge in [-0.25, -0.2) is 4.68 Å². The van der Waals surface area contributed by atoms with Crippen molar-refractivity contribution >= 4 is 0 Å². The van der Waals surface area contributed by atoms with Gasteiger partial charge in [-0.2, -0.15) is 4.59 Å². The lowest BCUT2D eigenvalue weighted by molar-refractivity contribution is 0.158. The van der Waals surface area contributed by atoms with Gasteiger partial charge in [-0.05, 0) is 18.6 Å². The quantitative estimate of drug-likeness (QED) is 0.685. The number of hydrogen-bond acceptors (Lipinski definition) is 1. The zero-order valence-corrected chi connectivity index (χ0v) is 9.63. The van der Waals surface area contributed by atoms with Crippen LogP contribution in [0.5, 0.6) is 0 Å². The zero-order valence-electron chi connectivity index (χ0n) is 9.63. The number of nitrogens with zero attached hydrogens (tertiary/aromatic N) is 3. The highest BCUT2D eigenvalue weighted by Crippen LogP contribution is 2.16. The standard InChI is InChI=1S/C12H20N3/c1-3-4-10-15(11-9-13(2)12-15)14-7-5-6-8-14/h5-9,11H,3-4,10,12H2,1-2H3/q+1. The molecule has 0 spiro atoms. The second kappa shape index (κ2) is 4.11. The maximum atomic E-state index is 2.29. The molecule has 1 aliphatic heterocycles. The lowest BCUT2D eigenvalue weighted by Crippen LogP contribution is -2.54. The predicted octanol–water partition coefficient (Wildman–Crippen LogP) is 2.10. The number of unbranched alkanes of at least 4 members (excludes halogenated alkanes) is 1. The van der Waals surface area contributed by atoms with Gasteiger partial charge in [-0.3, -0.25) is 0 Å². The summed E-state index contributed by atoms with van der Waals surface area (Å²) in [5.74, 6) is 0. The third-order valence-electron chi connectivity index (χ3n) is 3.01. The molecule has 0 aromatic carbocycles. The first-order valence-corrected chi connectivity index (χ1v) is 5.67. The Morgan fingerprint density at radius 1 is 1.27 bits per heavy atom. The van der Waals surface area contributed by atoms with Crippen molar-refractivity contribution in [1.82, 2.24) is 14.2 Å². The van der Waals surface area contributed by atoms with Crippen molar-refractivity contribution in [2.24, 2.45) is 0 Å². The van der Waals surface area contributed by atoms with E-state index in [9.17, 15) is 0 Å². The normalized spacial score (nSPS) is 25.1. The fourth-order valence-electron chi connectivity index (χ4n) is 2.15. The summed E-state index contributed by atoms with van der Waals surface area (Å²) in [7, 11) is 2.13. The summed E-state index contributed by atoms with van der Waals surface area (Å²) in [5.41, 5.74) is 0. The number of quaternary nitrogens is 1. The van der Waals surface area contributed by atoms with Crippen LogP contribution in [0.4, 0.5) is 0 Å². The molecule has 0 bridgehead atoms. The Morgan fingerprint density at radius 3 is 2.53 bits per heavy atom. The summed E-state index contributed by atoms with van der Waals surface area (Å²) < 4.78 is 3.20. The van der Waals surface area contributed by atoms with Gasteiger partial charge in [0.15, 0.2) is 6.67 Å². The monoisotopic (exact) mass is 206 g/mol. The third kappa shape index (κ3) is 1.92. The lowest BCUT2D eigenvalue weighted by atomic mass is 10.3. The molecule has 1 aromatic rings. The maximum Gasteiger partial charge on any atom is 0.181 e. The van der Waals surface area contributed by atoms with Gasteiger partial charge in [-0.1, -0.05) is 13.3 Å². The molecule has 2 rings (SSSR count). The van der Waals surface area contributed by atoms with Crippen molar-refractivity contribution < 1.29 is 0 Å². The summed E-state index contributed by atoms with van der Waals surface area (Å²) in [4.78, 5) is 2.25. The topological polar surface area (TPSA) is 8.17 Å². The molecule has 1 unspecified atom stereocenters. The summed E-state index contributed by atoms with van der Waals surface area (Å²) >= 11 is 0. The van der Waals surface area contributed by atoms with Crippen LogP contribution in [-0.4, -0.2) is 29.8 Å². The molecule has 0 fully saturated rings. The van der Waals surface area contributed by atoms with Crippen molar-refractivity contribution in [3.63, 3.8) is 0 Å². The molecule has 3 nitrogen and oxygen atoms in total. The van der Waals surface area contributed by atoms with Gasteiger partial charge in [0.25, 0.3) is 0 Å². The van der Waals surface area contributed by atoms with Crippen LogP contribution >= 0.6 is 0 Å². The van der Waals surface area contributed by atoms with E-state index in [1.165, 1.54) is 19.4 Å². The maximum absolute atomic E-state index is 2.29.